The molecule has 0 heterocycles. The summed E-state index contributed by atoms with van der Waals surface area (Å²) in [4.78, 5) is 0.174. The molecule has 108 valence electrons. The van der Waals surface area contributed by atoms with E-state index in [1.165, 1.54) is 25.0 Å². The summed E-state index contributed by atoms with van der Waals surface area (Å²) in [5.74, 6) is 0.353. The lowest BCUT2D eigenvalue weighted by Crippen LogP contribution is -2.38. The number of benzene rings is 1. The van der Waals surface area contributed by atoms with E-state index in [0.29, 0.717) is 11.5 Å². The van der Waals surface area contributed by atoms with Crippen molar-refractivity contribution >= 4 is 10.0 Å². The summed E-state index contributed by atoms with van der Waals surface area (Å²) in [7, 11) is -3.54. The van der Waals surface area contributed by atoms with Gasteiger partial charge in [0.05, 0.1) is 16.5 Å². The molecule has 0 radical (unpaired) electrons. The number of hydrogen-bond acceptors (Lipinski definition) is 3. The monoisotopic (exact) mass is 292 g/mol. The van der Waals surface area contributed by atoms with Crippen LogP contribution in [-0.2, 0) is 10.0 Å². The van der Waals surface area contributed by atoms with Crippen molar-refractivity contribution in [3.63, 3.8) is 0 Å². The van der Waals surface area contributed by atoms with Crippen LogP contribution in [-0.4, -0.2) is 14.5 Å². The zero-order valence-electron chi connectivity index (χ0n) is 11.7. The molecule has 1 aromatic rings. The van der Waals surface area contributed by atoms with Crippen molar-refractivity contribution in [3.8, 4) is 6.07 Å². The molecule has 5 heteroatoms. The van der Waals surface area contributed by atoms with Crippen LogP contribution in [0.2, 0.25) is 0 Å². The maximum atomic E-state index is 12.4. The van der Waals surface area contributed by atoms with Crippen LogP contribution >= 0.6 is 0 Å². The quantitative estimate of drug-likeness (QED) is 0.871. The second-order valence-electron chi connectivity index (χ2n) is 5.48. The Morgan fingerprint density at radius 1 is 1.25 bits per heavy atom. The van der Waals surface area contributed by atoms with Gasteiger partial charge in [-0.25, -0.2) is 13.1 Å². The van der Waals surface area contributed by atoms with Crippen molar-refractivity contribution in [2.75, 3.05) is 0 Å². The molecular weight excluding hydrogens is 272 g/mol. The second kappa shape index (κ2) is 6.38. The molecule has 1 aliphatic carbocycles. The van der Waals surface area contributed by atoms with Crippen molar-refractivity contribution in [1.29, 1.82) is 5.26 Å². The van der Waals surface area contributed by atoms with E-state index < -0.39 is 10.0 Å². The number of nitrogens with one attached hydrogen (secondary N) is 1. The van der Waals surface area contributed by atoms with Crippen molar-refractivity contribution in [2.45, 2.75) is 50.0 Å². The highest BCUT2D eigenvalue weighted by Gasteiger charge is 2.25. The Hall–Kier alpha value is -1.38. The largest absolute Gasteiger partial charge is 0.240 e. The Balaban J connectivity index is 2.19. The lowest BCUT2D eigenvalue weighted by Gasteiger charge is -2.22. The normalized spacial score (nSPS) is 23.8. The molecular formula is C15H20N2O2S. The molecule has 2 unspecified atom stereocenters. The molecule has 2 atom stereocenters. The Bertz CT molecular complexity index is 605. The maximum Gasteiger partial charge on any atom is 0.240 e. The smallest absolute Gasteiger partial charge is 0.208 e. The number of nitrogens with zero attached hydrogens (tertiary/aromatic N) is 1. The molecule has 2 rings (SSSR count). The summed E-state index contributed by atoms with van der Waals surface area (Å²) in [6.07, 6.45) is 5.36. The summed E-state index contributed by atoms with van der Waals surface area (Å²) in [6.45, 7) is 2.10. The van der Waals surface area contributed by atoms with Crippen LogP contribution in [0, 0.1) is 17.2 Å². The fourth-order valence-electron chi connectivity index (χ4n) is 2.67. The van der Waals surface area contributed by atoms with Crippen LogP contribution in [0.5, 0.6) is 0 Å². The van der Waals surface area contributed by atoms with Crippen LogP contribution in [0.25, 0.3) is 0 Å². The van der Waals surface area contributed by atoms with Crippen molar-refractivity contribution in [1.82, 2.24) is 4.72 Å². The van der Waals surface area contributed by atoms with Gasteiger partial charge in [0, 0.05) is 6.04 Å². The van der Waals surface area contributed by atoms with Gasteiger partial charge in [0.1, 0.15) is 0 Å². The van der Waals surface area contributed by atoms with E-state index in [2.05, 4.69) is 11.6 Å². The zero-order valence-corrected chi connectivity index (χ0v) is 12.5. The number of nitriles is 1. The second-order valence-corrected chi connectivity index (χ2v) is 7.20. The van der Waals surface area contributed by atoms with Crippen LogP contribution in [0.3, 0.4) is 0 Å². The number of hydrogen-bond donors (Lipinski definition) is 1. The van der Waals surface area contributed by atoms with Crippen LogP contribution < -0.4 is 4.72 Å². The molecule has 0 aromatic heterocycles. The van der Waals surface area contributed by atoms with Gasteiger partial charge in [0.15, 0.2) is 0 Å². The molecule has 0 spiro atoms. The Labute approximate surface area is 120 Å². The maximum absolute atomic E-state index is 12.4. The molecule has 0 saturated heterocycles. The van der Waals surface area contributed by atoms with Crippen LogP contribution in [0.1, 0.15) is 44.6 Å². The highest BCUT2D eigenvalue weighted by Crippen LogP contribution is 2.24. The summed E-state index contributed by atoms with van der Waals surface area (Å²) in [5.41, 5.74) is 0.363. The molecule has 0 amide bonds. The van der Waals surface area contributed by atoms with Gasteiger partial charge in [-0.15, -0.1) is 0 Å². The van der Waals surface area contributed by atoms with Crippen LogP contribution in [0.15, 0.2) is 29.2 Å². The summed E-state index contributed by atoms with van der Waals surface area (Å²) >= 11 is 0. The van der Waals surface area contributed by atoms with Gasteiger partial charge in [-0.1, -0.05) is 32.3 Å². The first-order chi connectivity index (χ1) is 9.53. The predicted octanol–water partition coefficient (Wildman–Crippen LogP) is 2.81. The minimum absolute atomic E-state index is 0.00626. The Kier molecular flexibility index (Phi) is 4.79. The molecule has 1 aromatic carbocycles. The van der Waals surface area contributed by atoms with Gasteiger partial charge in [-0.2, -0.15) is 5.26 Å². The SMILES string of the molecule is CC1CCCCCC1NS(=O)(=O)c1cccc(C#N)c1. The molecule has 0 bridgehead atoms. The van der Waals surface area contributed by atoms with Gasteiger partial charge in [-0.3, -0.25) is 0 Å². The first-order valence-corrected chi connectivity index (χ1v) is 8.54. The number of sulfonamides is 1. The van der Waals surface area contributed by atoms with E-state index in [9.17, 15) is 8.42 Å². The molecule has 1 N–H and O–H groups in total. The third-order valence-electron chi connectivity index (χ3n) is 3.94. The minimum Gasteiger partial charge on any atom is -0.208 e. The fraction of sp³-hybridized carbons (Fsp3) is 0.533. The summed E-state index contributed by atoms with van der Waals surface area (Å²) in [6, 6.07) is 8.12. The molecule has 1 aliphatic rings. The first-order valence-electron chi connectivity index (χ1n) is 7.05. The zero-order chi connectivity index (χ0) is 14.6. The third-order valence-corrected chi connectivity index (χ3v) is 5.43. The Morgan fingerprint density at radius 2 is 2.00 bits per heavy atom. The molecule has 4 nitrogen and oxygen atoms in total. The minimum atomic E-state index is -3.54. The van der Waals surface area contributed by atoms with Crippen LogP contribution in [0.4, 0.5) is 0 Å². The van der Waals surface area contributed by atoms with E-state index in [-0.39, 0.29) is 10.9 Å². The molecule has 0 aliphatic heterocycles. The first kappa shape index (κ1) is 15.0. The summed E-state index contributed by atoms with van der Waals surface area (Å²) < 4.78 is 27.6. The highest BCUT2D eigenvalue weighted by atomic mass is 32.2. The van der Waals surface area contributed by atoms with Gasteiger partial charge in [0.25, 0.3) is 0 Å². The van der Waals surface area contributed by atoms with Crippen molar-refractivity contribution in [2.24, 2.45) is 5.92 Å². The molecule has 1 saturated carbocycles. The van der Waals surface area contributed by atoms with Gasteiger partial charge in [-0.05, 0) is 37.0 Å². The fourth-order valence-corrected chi connectivity index (χ4v) is 4.09. The van der Waals surface area contributed by atoms with E-state index >= 15 is 0 Å². The lowest BCUT2D eigenvalue weighted by atomic mass is 9.98. The van der Waals surface area contributed by atoms with E-state index in [4.69, 9.17) is 5.26 Å². The average Bonchev–Trinajstić information content (AvgIpc) is 2.64. The summed E-state index contributed by atoms with van der Waals surface area (Å²) in [5, 5.41) is 8.86. The third kappa shape index (κ3) is 3.59. The Morgan fingerprint density at radius 3 is 2.75 bits per heavy atom. The van der Waals surface area contributed by atoms with Crippen molar-refractivity contribution in [3.05, 3.63) is 29.8 Å². The van der Waals surface area contributed by atoms with Gasteiger partial charge >= 0.3 is 0 Å². The predicted molar refractivity (Wildman–Crippen MR) is 77.5 cm³/mol. The number of rotatable bonds is 3. The standard InChI is InChI=1S/C15H20N2O2S/c1-12-6-3-2-4-9-15(12)17-20(18,19)14-8-5-7-13(10-14)11-16/h5,7-8,10,12,15,17H,2-4,6,9H2,1H3. The lowest BCUT2D eigenvalue weighted by molar-refractivity contribution is 0.399. The average molecular weight is 292 g/mol. The topological polar surface area (TPSA) is 70.0 Å². The molecule has 20 heavy (non-hydrogen) atoms. The van der Waals surface area contributed by atoms with E-state index in [1.54, 1.807) is 12.1 Å². The van der Waals surface area contributed by atoms with Gasteiger partial charge in [0.2, 0.25) is 10.0 Å². The van der Waals surface area contributed by atoms with Crippen molar-refractivity contribution < 1.29 is 8.42 Å². The highest BCUT2D eigenvalue weighted by molar-refractivity contribution is 7.89. The molecule has 1 fully saturated rings. The van der Waals surface area contributed by atoms with E-state index in [0.717, 1.165) is 19.3 Å². The van der Waals surface area contributed by atoms with E-state index in [1.807, 2.05) is 6.07 Å². The van der Waals surface area contributed by atoms with Gasteiger partial charge < -0.3 is 0 Å².